The summed E-state index contributed by atoms with van der Waals surface area (Å²) in [6.07, 6.45) is -1.06. The molecular formula is C22H19FN2O4. The van der Waals surface area contributed by atoms with Crippen LogP contribution in [-0.4, -0.2) is 30.4 Å². The third kappa shape index (κ3) is 5.38. The standard InChI is InChI=1S/C22H19FN2O4/c1-14(21(27)25-19-10-9-15-5-2-3-6-16(15)12-19)29-20(26)13-24-22(28)17-7-4-8-18(23)11-17/h2-12,14H,13H2,1H3,(H,24,28)(H,25,27)/t14-/m1/s1. The van der Waals surface area contributed by atoms with Gasteiger partial charge in [-0.25, -0.2) is 4.39 Å². The van der Waals surface area contributed by atoms with Crippen molar-refractivity contribution in [2.24, 2.45) is 0 Å². The van der Waals surface area contributed by atoms with E-state index < -0.39 is 36.2 Å². The zero-order valence-electron chi connectivity index (χ0n) is 15.6. The molecule has 0 fully saturated rings. The lowest BCUT2D eigenvalue weighted by molar-refractivity contribution is -0.152. The molecule has 0 bridgehead atoms. The second kappa shape index (κ2) is 8.97. The molecule has 0 saturated carbocycles. The Hall–Kier alpha value is -3.74. The Labute approximate surface area is 166 Å². The summed E-state index contributed by atoms with van der Waals surface area (Å²) in [4.78, 5) is 36.1. The van der Waals surface area contributed by atoms with Gasteiger partial charge >= 0.3 is 5.97 Å². The zero-order valence-corrected chi connectivity index (χ0v) is 15.6. The lowest BCUT2D eigenvalue weighted by Crippen LogP contribution is -2.35. The van der Waals surface area contributed by atoms with E-state index in [4.69, 9.17) is 4.74 Å². The lowest BCUT2D eigenvalue weighted by Gasteiger charge is -2.14. The fourth-order valence-corrected chi connectivity index (χ4v) is 2.69. The molecular weight excluding hydrogens is 375 g/mol. The Kier molecular flexibility index (Phi) is 6.19. The second-order valence-electron chi connectivity index (χ2n) is 6.38. The van der Waals surface area contributed by atoms with Crippen LogP contribution in [0, 0.1) is 5.82 Å². The fourth-order valence-electron chi connectivity index (χ4n) is 2.69. The highest BCUT2D eigenvalue weighted by molar-refractivity contribution is 5.98. The van der Waals surface area contributed by atoms with Crippen LogP contribution < -0.4 is 10.6 Å². The Bertz CT molecular complexity index is 1070. The number of rotatable bonds is 6. The van der Waals surface area contributed by atoms with Crippen LogP contribution in [0.15, 0.2) is 66.7 Å². The highest BCUT2D eigenvalue weighted by Crippen LogP contribution is 2.19. The average Bonchev–Trinajstić information content (AvgIpc) is 2.71. The molecule has 0 aliphatic rings. The normalized spacial score (nSPS) is 11.5. The predicted molar refractivity (Wildman–Crippen MR) is 107 cm³/mol. The summed E-state index contributed by atoms with van der Waals surface area (Å²) in [5.74, 6) is -2.45. The second-order valence-corrected chi connectivity index (χ2v) is 6.38. The first-order valence-corrected chi connectivity index (χ1v) is 8.95. The van der Waals surface area contributed by atoms with Gasteiger partial charge in [0.2, 0.25) is 0 Å². The Balaban J connectivity index is 1.50. The van der Waals surface area contributed by atoms with Gasteiger partial charge in [0, 0.05) is 11.3 Å². The average molecular weight is 394 g/mol. The van der Waals surface area contributed by atoms with Crippen LogP contribution in [0.2, 0.25) is 0 Å². The summed E-state index contributed by atoms with van der Waals surface area (Å²) in [6.45, 7) is 0.992. The molecule has 6 nitrogen and oxygen atoms in total. The number of carbonyl (C=O) groups excluding carboxylic acids is 3. The minimum absolute atomic E-state index is 0.0832. The number of nitrogens with one attached hydrogen (secondary N) is 2. The number of esters is 1. The van der Waals surface area contributed by atoms with Crippen LogP contribution >= 0.6 is 0 Å². The molecule has 0 aromatic heterocycles. The van der Waals surface area contributed by atoms with Gasteiger partial charge in [-0.05, 0) is 48.0 Å². The van der Waals surface area contributed by atoms with Crippen LogP contribution in [0.5, 0.6) is 0 Å². The van der Waals surface area contributed by atoms with E-state index in [0.29, 0.717) is 5.69 Å². The maximum absolute atomic E-state index is 13.1. The molecule has 0 aliphatic heterocycles. The van der Waals surface area contributed by atoms with Gasteiger partial charge in [0.1, 0.15) is 12.4 Å². The SMILES string of the molecule is C[C@@H](OC(=O)CNC(=O)c1cccc(F)c1)C(=O)Nc1ccc2ccccc2c1. The molecule has 148 valence electrons. The van der Waals surface area contributed by atoms with Gasteiger partial charge in [-0.2, -0.15) is 0 Å². The van der Waals surface area contributed by atoms with Gasteiger partial charge in [0.15, 0.2) is 6.10 Å². The molecule has 0 aliphatic carbocycles. The number of fused-ring (bicyclic) bond motifs is 1. The number of hydrogen-bond acceptors (Lipinski definition) is 4. The van der Waals surface area contributed by atoms with Crippen molar-refractivity contribution < 1.29 is 23.5 Å². The van der Waals surface area contributed by atoms with E-state index in [9.17, 15) is 18.8 Å². The first kappa shape index (κ1) is 20.0. The van der Waals surface area contributed by atoms with Crippen molar-refractivity contribution in [3.63, 3.8) is 0 Å². The van der Waals surface area contributed by atoms with Crippen LogP contribution in [0.25, 0.3) is 10.8 Å². The molecule has 0 heterocycles. The number of hydrogen-bond donors (Lipinski definition) is 2. The summed E-state index contributed by atoms with van der Waals surface area (Å²) in [6, 6.07) is 18.2. The molecule has 2 N–H and O–H groups in total. The minimum atomic E-state index is -1.06. The summed E-state index contributed by atoms with van der Waals surface area (Å²) >= 11 is 0. The Morgan fingerprint density at radius 2 is 1.72 bits per heavy atom. The first-order valence-electron chi connectivity index (χ1n) is 8.95. The van der Waals surface area contributed by atoms with Crippen molar-refractivity contribution >= 4 is 34.2 Å². The van der Waals surface area contributed by atoms with E-state index >= 15 is 0 Å². The van der Waals surface area contributed by atoms with Gasteiger partial charge in [0.25, 0.3) is 11.8 Å². The monoisotopic (exact) mass is 394 g/mol. The summed E-state index contributed by atoms with van der Waals surface area (Å²) in [5.41, 5.74) is 0.663. The summed E-state index contributed by atoms with van der Waals surface area (Å²) in [7, 11) is 0. The van der Waals surface area contributed by atoms with E-state index in [-0.39, 0.29) is 5.56 Å². The van der Waals surface area contributed by atoms with Crippen molar-refractivity contribution in [2.45, 2.75) is 13.0 Å². The van der Waals surface area contributed by atoms with E-state index in [2.05, 4.69) is 10.6 Å². The van der Waals surface area contributed by atoms with Gasteiger partial charge in [0.05, 0.1) is 0 Å². The molecule has 0 spiro atoms. The fraction of sp³-hybridized carbons (Fsp3) is 0.136. The molecule has 7 heteroatoms. The van der Waals surface area contributed by atoms with Crippen LogP contribution in [0.3, 0.4) is 0 Å². The van der Waals surface area contributed by atoms with Crippen LogP contribution in [-0.2, 0) is 14.3 Å². The molecule has 0 radical (unpaired) electrons. The van der Waals surface area contributed by atoms with Gasteiger partial charge in [-0.15, -0.1) is 0 Å². The highest BCUT2D eigenvalue weighted by atomic mass is 19.1. The molecule has 0 unspecified atom stereocenters. The van der Waals surface area contributed by atoms with Crippen molar-refractivity contribution in [1.82, 2.24) is 5.32 Å². The van der Waals surface area contributed by atoms with Crippen molar-refractivity contribution in [3.05, 3.63) is 78.1 Å². The molecule has 3 aromatic rings. The molecule has 2 amide bonds. The van der Waals surface area contributed by atoms with Crippen LogP contribution in [0.4, 0.5) is 10.1 Å². The smallest absolute Gasteiger partial charge is 0.326 e. The van der Waals surface area contributed by atoms with Gasteiger partial charge in [-0.1, -0.05) is 36.4 Å². The minimum Gasteiger partial charge on any atom is -0.451 e. The van der Waals surface area contributed by atoms with E-state index in [1.165, 1.54) is 25.1 Å². The van der Waals surface area contributed by atoms with E-state index in [1.807, 2.05) is 36.4 Å². The van der Waals surface area contributed by atoms with Gasteiger partial charge < -0.3 is 15.4 Å². The number of amides is 2. The van der Waals surface area contributed by atoms with E-state index in [1.54, 1.807) is 6.07 Å². The van der Waals surface area contributed by atoms with E-state index in [0.717, 1.165) is 16.8 Å². The Morgan fingerprint density at radius 1 is 0.966 bits per heavy atom. The van der Waals surface area contributed by atoms with Crippen LogP contribution in [0.1, 0.15) is 17.3 Å². The summed E-state index contributed by atoms with van der Waals surface area (Å²) in [5, 5.41) is 7.03. The quantitative estimate of drug-likeness (QED) is 0.629. The maximum atomic E-state index is 13.1. The largest absolute Gasteiger partial charge is 0.451 e. The van der Waals surface area contributed by atoms with Crippen molar-refractivity contribution in [3.8, 4) is 0 Å². The summed E-state index contributed by atoms with van der Waals surface area (Å²) < 4.78 is 18.2. The molecule has 0 saturated heterocycles. The number of benzene rings is 3. The zero-order chi connectivity index (χ0) is 20.8. The molecule has 29 heavy (non-hydrogen) atoms. The topological polar surface area (TPSA) is 84.5 Å². The number of halogens is 1. The first-order chi connectivity index (χ1) is 13.9. The lowest BCUT2D eigenvalue weighted by atomic mass is 10.1. The maximum Gasteiger partial charge on any atom is 0.326 e. The third-order valence-corrected chi connectivity index (χ3v) is 4.17. The number of ether oxygens (including phenoxy) is 1. The number of carbonyl (C=O) groups is 3. The Morgan fingerprint density at radius 3 is 2.48 bits per heavy atom. The molecule has 1 atom stereocenters. The molecule has 3 rings (SSSR count). The predicted octanol–water partition coefficient (Wildman–Crippen LogP) is 3.28. The van der Waals surface area contributed by atoms with Gasteiger partial charge in [-0.3, -0.25) is 14.4 Å². The van der Waals surface area contributed by atoms with Crippen molar-refractivity contribution in [2.75, 3.05) is 11.9 Å². The number of anilines is 1. The van der Waals surface area contributed by atoms with Crippen molar-refractivity contribution in [1.29, 1.82) is 0 Å². The highest BCUT2D eigenvalue weighted by Gasteiger charge is 2.19. The molecule has 3 aromatic carbocycles. The third-order valence-electron chi connectivity index (χ3n) is 4.17.